The molecule has 7 heteroatoms. The highest BCUT2D eigenvalue weighted by molar-refractivity contribution is 9.10. The van der Waals surface area contributed by atoms with E-state index in [0.717, 1.165) is 30.2 Å². The van der Waals surface area contributed by atoms with Crippen LogP contribution in [0.1, 0.15) is 36.0 Å². The summed E-state index contributed by atoms with van der Waals surface area (Å²) in [5.41, 5.74) is 0.914. The highest BCUT2D eigenvalue weighted by Crippen LogP contribution is 2.39. The second-order valence-corrected chi connectivity index (χ2v) is 7.41. The molecule has 4 rings (SSSR count). The van der Waals surface area contributed by atoms with E-state index in [0.29, 0.717) is 12.0 Å². The van der Waals surface area contributed by atoms with E-state index in [1.807, 2.05) is 24.3 Å². The summed E-state index contributed by atoms with van der Waals surface area (Å²) >= 11 is 3.41. The van der Waals surface area contributed by atoms with E-state index in [1.165, 1.54) is 15.8 Å². The molecule has 6 nitrogen and oxygen atoms in total. The van der Waals surface area contributed by atoms with Gasteiger partial charge in [0.2, 0.25) is 11.8 Å². The molecule has 1 heterocycles. The molecule has 128 valence electrons. The van der Waals surface area contributed by atoms with Crippen molar-refractivity contribution in [1.29, 1.82) is 0 Å². The fourth-order valence-corrected chi connectivity index (χ4v) is 3.19. The second-order valence-electron chi connectivity index (χ2n) is 6.49. The van der Waals surface area contributed by atoms with Gasteiger partial charge in [-0.05, 0) is 43.9 Å². The molecule has 0 aliphatic heterocycles. The van der Waals surface area contributed by atoms with Gasteiger partial charge >= 0.3 is 0 Å². The molecular formula is C18H16BrN3O3. The van der Waals surface area contributed by atoms with Gasteiger partial charge in [0.15, 0.2) is 12.1 Å². The molecule has 2 aliphatic carbocycles. The molecule has 0 bridgehead atoms. The molecular weight excluding hydrogens is 386 g/mol. The number of aromatic nitrogens is 2. The molecule has 1 aromatic carbocycles. The van der Waals surface area contributed by atoms with E-state index in [-0.39, 0.29) is 35.0 Å². The van der Waals surface area contributed by atoms with Gasteiger partial charge in [-0.1, -0.05) is 22.0 Å². The molecule has 25 heavy (non-hydrogen) atoms. The Morgan fingerprint density at radius 1 is 1.16 bits per heavy atom. The van der Waals surface area contributed by atoms with Gasteiger partial charge in [-0.2, -0.15) is 5.10 Å². The standard InChI is InChI=1S/C18H16BrN3O3/c19-14-2-1-3-15(8-14)22-16(13(10-23)9-20-22)21(17(24)11-4-5-11)18(25)12-6-7-12/h1-3,8-12H,4-7H2. The zero-order chi connectivity index (χ0) is 17.6. The average molecular weight is 402 g/mol. The first-order chi connectivity index (χ1) is 12.1. The van der Waals surface area contributed by atoms with Crippen molar-refractivity contribution in [3.63, 3.8) is 0 Å². The maximum atomic E-state index is 12.8. The number of halogens is 1. The smallest absolute Gasteiger partial charge is 0.238 e. The topological polar surface area (TPSA) is 72.3 Å². The van der Waals surface area contributed by atoms with Gasteiger partial charge in [0.1, 0.15) is 0 Å². The van der Waals surface area contributed by atoms with Crippen molar-refractivity contribution in [3.05, 3.63) is 40.5 Å². The van der Waals surface area contributed by atoms with Crippen LogP contribution in [0.25, 0.3) is 5.69 Å². The lowest BCUT2D eigenvalue weighted by Crippen LogP contribution is -2.41. The van der Waals surface area contributed by atoms with Gasteiger partial charge in [-0.15, -0.1) is 0 Å². The summed E-state index contributed by atoms with van der Waals surface area (Å²) in [6, 6.07) is 7.35. The number of nitrogens with zero attached hydrogens (tertiary/aromatic N) is 3. The number of amides is 2. The predicted octanol–water partition coefficient (Wildman–Crippen LogP) is 3.13. The molecule has 2 amide bonds. The zero-order valence-electron chi connectivity index (χ0n) is 13.4. The lowest BCUT2D eigenvalue weighted by molar-refractivity contribution is -0.128. The van der Waals surface area contributed by atoms with Crippen LogP contribution in [0.2, 0.25) is 0 Å². The Hall–Kier alpha value is -2.28. The van der Waals surface area contributed by atoms with Crippen molar-refractivity contribution < 1.29 is 14.4 Å². The van der Waals surface area contributed by atoms with Gasteiger partial charge in [0, 0.05) is 16.3 Å². The third kappa shape index (κ3) is 3.04. The Morgan fingerprint density at radius 2 is 1.80 bits per heavy atom. The van der Waals surface area contributed by atoms with E-state index in [4.69, 9.17) is 0 Å². The van der Waals surface area contributed by atoms with Crippen LogP contribution >= 0.6 is 15.9 Å². The monoisotopic (exact) mass is 401 g/mol. The first-order valence-electron chi connectivity index (χ1n) is 8.27. The van der Waals surface area contributed by atoms with Crippen LogP contribution in [0.3, 0.4) is 0 Å². The van der Waals surface area contributed by atoms with Crippen LogP contribution in [0.15, 0.2) is 34.9 Å². The van der Waals surface area contributed by atoms with E-state index in [9.17, 15) is 14.4 Å². The summed E-state index contributed by atoms with van der Waals surface area (Å²) in [7, 11) is 0. The van der Waals surface area contributed by atoms with Crippen LogP contribution in [-0.4, -0.2) is 27.9 Å². The van der Waals surface area contributed by atoms with E-state index in [2.05, 4.69) is 21.0 Å². The third-order valence-corrected chi connectivity index (χ3v) is 4.95. The highest BCUT2D eigenvalue weighted by atomic mass is 79.9. The van der Waals surface area contributed by atoms with Gasteiger partial charge in [0.05, 0.1) is 17.4 Å². The van der Waals surface area contributed by atoms with Crippen LogP contribution in [-0.2, 0) is 9.59 Å². The number of hydrogen-bond acceptors (Lipinski definition) is 4. The number of carbonyl (C=O) groups is 3. The van der Waals surface area contributed by atoms with Crippen LogP contribution < -0.4 is 4.90 Å². The van der Waals surface area contributed by atoms with E-state index >= 15 is 0 Å². The lowest BCUT2D eigenvalue weighted by atomic mass is 10.2. The first kappa shape index (κ1) is 16.2. The molecule has 0 saturated heterocycles. The minimum Gasteiger partial charge on any atom is -0.298 e. The molecule has 0 unspecified atom stereocenters. The number of aldehydes is 1. The Kier molecular flexibility index (Phi) is 4.03. The Balaban J connectivity index is 1.85. The van der Waals surface area contributed by atoms with Crippen LogP contribution in [0.4, 0.5) is 5.82 Å². The zero-order valence-corrected chi connectivity index (χ0v) is 15.0. The molecule has 0 atom stereocenters. The fourth-order valence-electron chi connectivity index (χ4n) is 2.80. The van der Waals surface area contributed by atoms with Crippen molar-refractivity contribution in [2.24, 2.45) is 11.8 Å². The van der Waals surface area contributed by atoms with Crippen LogP contribution in [0.5, 0.6) is 0 Å². The summed E-state index contributed by atoms with van der Waals surface area (Å²) in [5.74, 6) is -0.462. The molecule has 0 spiro atoms. The maximum absolute atomic E-state index is 12.8. The number of benzene rings is 1. The van der Waals surface area contributed by atoms with Gasteiger partial charge < -0.3 is 0 Å². The summed E-state index contributed by atoms with van der Waals surface area (Å²) in [5, 5.41) is 4.26. The maximum Gasteiger partial charge on any atom is 0.238 e. The Morgan fingerprint density at radius 3 is 2.32 bits per heavy atom. The largest absolute Gasteiger partial charge is 0.298 e. The van der Waals surface area contributed by atoms with Gasteiger partial charge in [0.25, 0.3) is 0 Å². The van der Waals surface area contributed by atoms with Crippen molar-refractivity contribution >= 4 is 39.8 Å². The van der Waals surface area contributed by atoms with Crippen molar-refractivity contribution in [2.45, 2.75) is 25.7 Å². The number of carbonyl (C=O) groups excluding carboxylic acids is 3. The average Bonchev–Trinajstić information content (AvgIpc) is 3.51. The minimum absolute atomic E-state index is 0.131. The number of rotatable bonds is 5. The molecule has 2 aliphatic rings. The Bertz CT molecular complexity index is 844. The van der Waals surface area contributed by atoms with Gasteiger partial charge in [-0.25, -0.2) is 9.58 Å². The second kappa shape index (κ2) is 6.22. The van der Waals surface area contributed by atoms with Gasteiger partial charge in [-0.3, -0.25) is 14.4 Å². The highest BCUT2D eigenvalue weighted by Gasteiger charge is 2.44. The van der Waals surface area contributed by atoms with E-state index in [1.54, 1.807) is 0 Å². The third-order valence-electron chi connectivity index (χ3n) is 4.46. The summed E-state index contributed by atoms with van der Waals surface area (Å²) < 4.78 is 2.34. The van der Waals surface area contributed by atoms with Crippen LogP contribution in [0, 0.1) is 11.8 Å². The predicted molar refractivity (Wildman–Crippen MR) is 94.6 cm³/mol. The molecule has 0 N–H and O–H groups in total. The fraction of sp³-hybridized carbons (Fsp3) is 0.333. The summed E-state index contributed by atoms with van der Waals surface area (Å²) in [6.45, 7) is 0. The molecule has 2 aromatic rings. The quantitative estimate of drug-likeness (QED) is 0.569. The molecule has 2 saturated carbocycles. The number of imide groups is 1. The van der Waals surface area contributed by atoms with Crippen molar-refractivity contribution in [1.82, 2.24) is 9.78 Å². The SMILES string of the molecule is O=Cc1cnn(-c2cccc(Br)c2)c1N(C(=O)C1CC1)C(=O)C1CC1. The minimum atomic E-state index is -0.225. The molecule has 1 aromatic heterocycles. The normalized spacial score (nSPS) is 16.5. The van der Waals surface area contributed by atoms with E-state index < -0.39 is 0 Å². The Labute approximate surface area is 152 Å². The number of anilines is 1. The molecule has 2 fully saturated rings. The summed E-state index contributed by atoms with van der Waals surface area (Å²) in [4.78, 5) is 38.4. The first-order valence-corrected chi connectivity index (χ1v) is 9.06. The summed E-state index contributed by atoms with van der Waals surface area (Å²) in [6.07, 6.45) is 5.19. The van der Waals surface area contributed by atoms with Crippen molar-refractivity contribution in [2.75, 3.05) is 4.90 Å². The number of hydrogen-bond donors (Lipinski definition) is 0. The van der Waals surface area contributed by atoms with Crippen molar-refractivity contribution in [3.8, 4) is 5.69 Å². The molecule has 0 radical (unpaired) electrons. The lowest BCUT2D eigenvalue weighted by Gasteiger charge is -2.22.